The third-order valence-corrected chi connectivity index (χ3v) is 5.30. The van der Waals surface area contributed by atoms with Gasteiger partial charge in [0.25, 0.3) is 0 Å². The van der Waals surface area contributed by atoms with Crippen molar-refractivity contribution in [1.29, 1.82) is 0 Å². The summed E-state index contributed by atoms with van der Waals surface area (Å²) >= 11 is 0. The zero-order valence-electron chi connectivity index (χ0n) is 13.1. The van der Waals surface area contributed by atoms with Crippen molar-refractivity contribution in [3.05, 3.63) is 0 Å². The summed E-state index contributed by atoms with van der Waals surface area (Å²) in [6, 6.07) is 0. The van der Waals surface area contributed by atoms with Gasteiger partial charge in [-0.25, -0.2) is 0 Å². The number of hydrogen-bond donors (Lipinski definition) is 1. The molecule has 4 heteroatoms. The zero-order valence-corrected chi connectivity index (χ0v) is 13.9. The minimum Gasteiger partial charge on any atom is -0.342 e. The highest BCUT2D eigenvalue weighted by atomic mass is 35.5. The number of nitrogens with two attached hydrogens (primary N) is 1. The maximum absolute atomic E-state index is 12.7. The van der Waals surface area contributed by atoms with E-state index in [0.717, 1.165) is 38.3 Å². The number of nitrogens with zero attached hydrogens (tertiary/aromatic N) is 1. The molecule has 20 heavy (non-hydrogen) atoms. The van der Waals surface area contributed by atoms with Gasteiger partial charge in [-0.15, -0.1) is 12.4 Å². The molecule has 2 unspecified atom stereocenters. The van der Waals surface area contributed by atoms with Gasteiger partial charge in [-0.1, -0.05) is 39.5 Å². The minimum atomic E-state index is 0. The summed E-state index contributed by atoms with van der Waals surface area (Å²) in [5.74, 6) is 1.45. The summed E-state index contributed by atoms with van der Waals surface area (Å²) in [7, 11) is 0. The molecule has 1 saturated carbocycles. The average Bonchev–Trinajstić information content (AvgIpc) is 3.05. The van der Waals surface area contributed by atoms with E-state index in [1.165, 1.54) is 25.7 Å². The van der Waals surface area contributed by atoms with Gasteiger partial charge in [-0.2, -0.15) is 0 Å². The molecule has 2 fully saturated rings. The molecule has 0 bridgehead atoms. The third-order valence-electron chi connectivity index (χ3n) is 5.30. The van der Waals surface area contributed by atoms with E-state index in [-0.39, 0.29) is 23.7 Å². The van der Waals surface area contributed by atoms with Gasteiger partial charge in [0, 0.05) is 19.0 Å². The van der Waals surface area contributed by atoms with Crippen LogP contribution in [0.5, 0.6) is 0 Å². The Morgan fingerprint density at radius 2 is 2.05 bits per heavy atom. The lowest BCUT2D eigenvalue weighted by Crippen LogP contribution is -2.38. The number of hydrogen-bond acceptors (Lipinski definition) is 2. The molecule has 2 rings (SSSR count). The predicted molar refractivity (Wildman–Crippen MR) is 86.0 cm³/mol. The Hall–Kier alpha value is -0.280. The second kappa shape index (κ2) is 7.65. The van der Waals surface area contributed by atoms with Crippen molar-refractivity contribution in [2.45, 2.75) is 58.8 Å². The molecule has 0 aromatic carbocycles. The maximum atomic E-state index is 12.7. The van der Waals surface area contributed by atoms with Crippen molar-refractivity contribution < 1.29 is 4.79 Å². The molecule has 1 saturated heterocycles. The van der Waals surface area contributed by atoms with Gasteiger partial charge in [0.05, 0.1) is 0 Å². The molecule has 1 aliphatic heterocycles. The number of carbonyl (C=O) groups excluding carboxylic acids is 1. The van der Waals surface area contributed by atoms with Crippen LogP contribution in [-0.4, -0.2) is 30.4 Å². The minimum absolute atomic E-state index is 0. The van der Waals surface area contributed by atoms with Gasteiger partial charge in [0.1, 0.15) is 0 Å². The van der Waals surface area contributed by atoms with Crippen molar-refractivity contribution in [2.75, 3.05) is 19.6 Å². The monoisotopic (exact) mass is 302 g/mol. The van der Waals surface area contributed by atoms with Crippen molar-refractivity contribution in [2.24, 2.45) is 23.0 Å². The lowest BCUT2D eigenvalue weighted by molar-refractivity contribution is -0.135. The topological polar surface area (TPSA) is 46.3 Å². The van der Waals surface area contributed by atoms with Gasteiger partial charge in [0.15, 0.2) is 0 Å². The van der Waals surface area contributed by atoms with Gasteiger partial charge in [-0.05, 0) is 37.1 Å². The van der Waals surface area contributed by atoms with E-state index in [9.17, 15) is 4.79 Å². The SMILES string of the molecule is CCC(CC1CCCC1)C(=O)N1CCC(C)(CN)C1.Cl. The Kier molecular flexibility index (Phi) is 6.80. The Labute approximate surface area is 130 Å². The van der Waals surface area contributed by atoms with E-state index in [4.69, 9.17) is 5.73 Å². The molecular weight excluding hydrogens is 272 g/mol. The molecule has 2 atom stereocenters. The molecular formula is C16H31ClN2O. The predicted octanol–water partition coefficient (Wildman–Crippen LogP) is 3.21. The van der Waals surface area contributed by atoms with E-state index < -0.39 is 0 Å². The number of amides is 1. The van der Waals surface area contributed by atoms with Gasteiger partial charge >= 0.3 is 0 Å². The molecule has 3 nitrogen and oxygen atoms in total. The molecule has 0 spiro atoms. The van der Waals surface area contributed by atoms with E-state index >= 15 is 0 Å². The quantitative estimate of drug-likeness (QED) is 0.847. The van der Waals surface area contributed by atoms with Crippen LogP contribution in [0.4, 0.5) is 0 Å². The first-order valence-electron chi connectivity index (χ1n) is 8.07. The number of likely N-dealkylation sites (tertiary alicyclic amines) is 1. The number of carbonyl (C=O) groups is 1. The van der Waals surface area contributed by atoms with Crippen LogP contribution in [0.3, 0.4) is 0 Å². The Morgan fingerprint density at radius 1 is 1.40 bits per heavy atom. The largest absolute Gasteiger partial charge is 0.342 e. The zero-order chi connectivity index (χ0) is 13.9. The summed E-state index contributed by atoms with van der Waals surface area (Å²) in [5.41, 5.74) is 5.99. The Morgan fingerprint density at radius 3 is 2.55 bits per heavy atom. The highest BCUT2D eigenvalue weighted by molar-refractivity contribution is 5.85. The van der Waals surface area contributed by atoms with E-state index in [1.807, 2.05) is 0 Å². The summed E-state index contributed by atoms with van der Waals surface area (Å²) in [6.45, 7) is 6.83. The molecule has 0 aromatic heterocycles. The molecule has 1 heterocycles. The average molecular weight is 303 g/mol. The van der Waals surface area contributed by atoms with Crippen LogP contribution in [0.2, 0.25) is 0 Å². The lowest BCUT2D eigenvalue weighted by atomic mass is 9.89. The summed E-state index contributed by atoms with van der Waals surface area (Å²) in [5, 5.41) is 0. The number of halogens is 1. The third kappa shape index (κ3) is 4.11. The van der Waals surface area contributed by atoms with E-state index in [0.29, 0.717) is 12.5 Å². The molecule has 2 N–H and O–H groups in total. The first kappa shape index (κ1) is 17.8. The van der Waals surface area contributed by atoms with Gasteiger partial charge in [0.2, 0.25) is 5.91 Å². The highest BCUT2D eigenvalue weighted by Crippen LogP contribution is 2.34. The molecule has 0 aromatic rings. The molecule has 0 radical (unpaired) electrons. The molecule has 1 amide bonds. The number of rotatable bonds is 5. The van der Waals surface area contributed by atoms with E-state index in [2.05, 4.69) is 18.7 Å². The van der Waals surface area contributed by atoms with Crippen LogP contribution < -0.4 is 5.73 Å². The van der Waals surface area contributed by atoms with Crippen LogP contribution in [0.1, 0.15) is 58.8 Å². The fourth-order valence-electron chi connectivity index (χ4n) is 3.73. The highest BCUT2D eigenvalue weighted by Gasteiger charge is 2.37. The fraction of sp³-hybridized carbons (Fsp3) is 0.938. The maximum Gasteiger partial charge on any atom is 0.225 e. The van der Waals surface area contributed by atoms with Crippen LogP contribution >= 0.6 is 12.4 Å². The summed E-state index contributed by atoms with van der Waals surface area (Å²) in [6.07, 6.45) is 8.58. The van der Waals surface area contributed by atoms with Crippen molar-refractivity contribution in [1.82, 2.24) is 4.90 Å². The summed E-state index contributed by atoms with van der Waals surface area (Å²) in [4.78, 5) is 14.7. The molecule has 118 valence electrons. The Balaban J connectivity index is 0.00000200. The smallest absolute Gasteiger partial charge is 0.225 e. The van der Waals surface area contributed by atoms with Crippen LogP contribution in [0.25, 0.3) is 0 Å². The normalized spacial score (nSPS) is 28.4. The van der Waals surface area contributed by atoms with Gasteiger partial charge in [-0.3, -0.25) is 4.79 Å². The lowest BCUT2D eigenvalue weighted by Gasteiger charge is -2.27. The van der Waals surface area contributed by atoms with Gasteiger partial charge < -0.3 is 10.6 Å². The first-order chi connectivity index (χ1) is 9.08. The van der Waals surface area contributed by atoms with Crippen molar-refractivity contribution >= 4 is 18.3 Å². The van der Waals surface area contributed by atoms with Crippen LogP contribution in [0.15, 0.2) is 0 Å². The standard InChI is InChI=1S/C16H30N2O.ClH/c1-3-14(10-13-6-4-5-7-13)15(19)18-9-8-16(2,11-17)12-18;/h13-14H,3-12,17H2,1-2H3;1H. The van der Waals surface area contributed by atoms with Crippen molar-refractivity contribution in [3.63, 3.8) is 0 Å². The second-order valence-corrected chi connectivity index (χ2v) is 7.02. The Bertz CT molecular complexity index is 318. The van der Waals surface area contributed by atoms with Crippen molar-refractivity contribution in [3.8, 4) is 0 Å². The van der Waals surface area contributed by atoms with E-state index in [1.54, 1.807) is 0 Å². The fourth-order valence-corrected chi connectivity index (χ4v) is 3.73. The first-order valence-corrected chi connectivity index (χ1v) is 8.07. The second-order valence-electron chi connectivity index (χ2n) is 7.02. The van der Waals surface area contributed by atoms with Crippen LogP contribution in [0, 0.1) is 17.3 Å². The summed E-state index contributed by atoms with van der Waals surface area (Å²) < 4.78 is 0. The van der Waals surface area contributed by atoms with Crippen LogP contribution in [-0.2, 0) is 4.79 Å². The molecule has 2 aliphatic rings. The molecule has 1 aliphatic carbocycles.